The number of hydrogen-bond acceptors (Lipinski definition) is 5. The Morgan fingerprint density at radius 3 is 2.44 bits per heavy atom. The first-order valence-electron chi connectivity index (χ1n) is 10.7. The van der Waals surface area contributed by atoms with E-state index in [1.165, 1.54) is 11.3 Å². The molecule has 7 heteroatoms. The lowest BCUT2D eigenvalue weighted by atomic mass is 10.1. The molecule has 0 fully saturated rings. The van der Waals surface area contributed by atoms with E-state index >= 15 is 0 Å². The van der Waals surface area contributed by atoms with Gasteiger partial charge in [-0.25, -0.2) is 4.98 Å². The standard InChI is InChI=1S/C27H21N3O3S/c1-33-22-13-11-19(12-14-22)24-15-23-25(34-24)27(32)30(17-28-23)16-18-7-9-20(10-8-18)26(31)29-21-5-3-2-4-6-21/h2-15,17H,16H2,1H3,(H,29,31). The molecule has 0 saturated heterocycles. The summed E-state index contributed by atoms with van der Waals surface area (Å²) in [5, 5.41) is 2.87. The lowest BCUT2D eigenvalue weighted by Gasteiger charge is -2.08. The van der Waals surface area contributed by atoms with Gasteiger partial charge in [-0.2, -0.15) is 0 Å². The number of methoxy groups -OCH3 is 1. The molecule has 2 heterocycles. The first-order chi connectivity index (χ1) is 16.6. The van der Waals surface area contributed by atoms with Crippen LogP contribution in [0, 0.1) is 0 Å². The Morgan fingerprint density at radius 1 is 1.00 bits per heavy atom. The number of nitrogens with one attached hydrogen (secondary N) is 1. The number of ether oxygens (including phenoxy) is 1. The number of carbonyl (C=O) groups is 1. The maximum atomic E-state index is 13.1. The summed E-state index contributed by atoms with van der Waals surface area (Å²) in [4.78, 5) is 31.0. The first kappa shape index (κ1) is 21.6. The van der Waals surface area contributed by atoms with Gasteiger partial charge in [-0.15, -0.1) is 11.3 Å². The van der Waals surface area contributed by atoms with Crippen molar-refractivity contribution in [2.24, 2.45) is 0 Å². The second-order valence-corrected chi connectivity index (χ2v) is 8.80. The van der Waals surface area contributed by atoms with Gasteiger partial charge in [-0.3, -0.25) is 14.2 Å². The van der Waals surface area contributed by atoms with Crippen LogP contribution < -0.4 is 15.6 Å². The van der Waals surface area contributed by atoms with Gasteiger partial charge in [0.25, 0.3) is 11.5 Å². The molecule has 0 aliphatic carbocycles. The van der Waals surface area contributed by atoms with Crippen LogP contribution in [0.4, 0.5) is 5.69 Å². The van der Waals surface area contributed by atoms with Gasteiger partial charge >= 0.3 is 0 Å². The van der Waals surface area contributed by atoms with Gasteiger partial charge in [0.05, 0.1) is 25.5 Å². The van der Waals surface area contributed by atoms with Crippen LogP contribution in [0.15, 0.2) is 96.1 Å². The van der Waals surface area contributed by atoms with E-state index in [9.17, 15) is 9.59 Å². The fourth-order valence-electron chi connectivity index (χ4n) is 3.64. The predicted molar refractivity (Wildman–Crippen MR) is 136 cm³/mol. The monoisotopic (exact) mass is 467 g/mol. The molecule has 0 saturated carbocycles. The van der Waals surface area contributed by atoms with Crippen LogP contribution in [0.25, 0.3) is 20.7 Å². The summed E-state index contributed by atoms with van der Waals surface area (Å²) in [6, 6.07) is 26.2. The zero-order valence-corrected chi connectivity index (χ0v) is 19.2. The Morgan fingerprint density at radius 2 is 1.74 bits per heavy atom. The number of fused-ring (bicyclic) bond motifs is 1. The molecule has 5 aromatic rings. The second kappa shape index (κ2) is 9.33. The molecule has 0 atom stereocenters. The quantitative estimate of drug-likeness (QED) is 0.361. The van der Waals surface area contributed by atoms with Crippen molar-refractivity contribution in [3.8, 4) is 16.2 Å². The third-order valence-electron chi connectivity index (χ3n) is 5.48. The lowest BCUT2D eigenvalue weighted by Crippen LogP contribution is -2.20. The zero-order chi connectivity index (χ0) is 23.5. The highest BCUT2D eigenvalue weighted by Crippen LogP contribution is 2.31. The Kier molecular flexibility index (Phi) is 5.93. The Bertz CT molecular complexity index is 1510. The minimum atomic E-state index is -0.178. The van der Waals surface area contributed by atoms with Gasteiger partial charge in [0, 0.05) is 16.1 Å². The summed E-state index contributed by atoms with van der Waals surface area (Å²) < 4.78 is 7.43. The highest BCUT2D eigenvalue weighted by molar-refractivity contribution is 7.22. The smallest absolute Gasteiger partial charge is 0.271 e. The number of aromatic nitrogens is 2. The summed E-state index contributed by atoms with van der Waals surface area (Å²) in [5.41, 5.74) is 3.82. The highest BCUT2D eigenvalue weighted by Gasteiger charge is 2.12. The lowest BCUT2D eigenvalue weighted by molar-refractivity contribution is 0.102. The van der Waals surface area contributed by atoms with Crippen molar-refractivity contribution in [2.45, 2.75) is 6.54 Å². The summed E-state index contributed by atoms with van der Waals surface area (Å²) in [6.07, 6.45) is 1.57. The summed E-state index contributed by atoms with van der Waals surface area (Å²) in [7, 11) is 1.63. The Balaban J connectivity index is 1.34. The molecule has 5 rings (SSSR count). The van der Waals surface area contributed by atoms with Gasteiger partial charge in [0.15, 0.2) is 0 Å². The molecular weight excluding hydrogens is 446 g/mol. The molecule has 6 nitrogen and oxygen atoms in total. The largest absolute Gasteiger partial charge is 0.497 e. The fourth-order valence-corrected chi connectivity index (χ4v) is 4.70. The van der Waals surface area contributed by atoms with Crippen molar-refractivity contribution in [3.63, 3.8) is 0 Å². The molecule has 0 radical (unpaired) electrons. The van der Waals surface area contributed by atoms with E-state index in [0.29, 0.717) is 22.3 Å². The molecule has 34 heavy (non-hydrogen) atoms. The van der Waals surface area contributed by atoms with Crippen LogP contribution >= 0.6 is 11.3 Å². The summed E-state index contributed by atoms with van der Waals surface area (Å²) >= 11 is 1.43. The topological polar surface area (TPSA) is 73.2 Å². The number of nitrogens with zero attached hydrogens (tertiary/aromatic N) is 2. The average molecular weight is 468 g/mol. The van der Waals surface area contributed by atoms with Gasteiger partial charge in [0.2, 0.25) is 0 Å². The van der Waals surface area contributed by atoms with Crippen molar-refractivity contribution in [1.29, 1.82) is 0 Å². The van der Waals surface area contributed by atoms with Crippen LogP contribution in [0.5, 0.6) is 5.75 Å². The molecule has 0 aliphatic rings. The van der Waals surface area contributed by atoms with Crippen molar-refractivity contribution in [3.05, 3.63) is 113 Å². The fraction of sp³-hybridized carbons (Fsp3) is 0.0741. The molecule has 168 valence electrons. The van der Waals surface area contributed by atoms with Crippen molar-refractivity contribution in [2.75, 3.05) is 12.4 Å². The van der Waals surface area contributed by atoms with E-state index < -0.39 is 0 Å². The molecule has 2 aromatic heterocycles. The van der Waals surface area contributed by atoms with Gasteiger partial charge in [-0.1, -0.05) is 30.3 Å². The van der Waals surface area contributed by atoms with Crippen molar-refractivity contribution < 1.29 is 9.53 Å². The minimum Gasteiger partial charge on any atom is -0.497 e. The number of carbonyl (C=O) groups excluding carboxylic acids is 1. The molecule has 3 aromatic carbocycles. The van der Waals surface area contributed by atoms with Gasteiger partial charge in [-0.05, 0) is 65.7 Å². The number of rotatable bonds is 6. The first-order valence-corrected chi connectivity index (χ1v) is 11.5. The van der Waals surface area contributed by atoms with Crippen molar-refractivity contribution >= 4 is 33.1 Å². The van der Waals surface area contributed by atoms with E-state index in [1.54, 1.807) is 30.1 Å². The predicted octanol–water partition coefficient (Wildman–Crippen LogP) is 5.43. The van der Waals surface area contributed by atoms with Crippen LogP contribution in [0.3, 0.4) is 0 Å². The molecule has 0 unspecified atom stereocenters. The molecule has 0 bridgehead atoms. The van der Waals surface area contributed by atoms with E-state index in [2.05, 4.69) is 10.3 Å². The highest BCUT2D eigenvalue weighted by atomic mass is 32.1. The van der Waals surface area contributed by atoms with Crippen LogP contribution in [-0.2, 0) is 6.54 Å². The SMILES string of the molecule is COc1ccc(-c2cc3ncn(Cc4ccc(C(=O)Nc5ccccc5)cc4)c(=O)c3s2)cc1. The van der Waals surface area contributed by atoms with E-state index in [-0.39, 0.29) is 11.5 Å². The number of benzene rings is 3. The van der Waals surface area contributed by atoms with Crippen LogP contribution in [0.1, 0.15) is 15.9 Å². The molecular formula is C27H21N3O3S. The molecule has 0 aliphatic heterocycles. The maximum Gasteiger partial charge on any atom is 0.271 e. The van der Waals surface area contributed by atoms with E-state index in [1.807, 2.05) is 72.8 Å². The summed E-state index contributed by atoms with van der Waals surface area (Å²) in [6.45, 7) is 0.373. The second-order valence-electron chi connectivity index (χ2n) is 7.75. The number of para-hydroxylation sites is 1. The van der Waals surface area contributed by atoms with E-state index in [0.717, 1.165) is 27.4 Å². The zero-order valence-electron chi connectivity index (χ0n) is 18.4. The van der Waals surface area contributed by atoms with Crippen LogP contribution in [-0.4, -0.2) is 22.6 Å². The van der Waals surface area contributed by atoms with Crippen LogP contribution in [0.2, 0.25) is 0 Å². The molecule has 1 amide bonds. The third-order valence-corrected chi connectivity index (χ3v) is 6.64. The Hall–Kier alpha value is -4.23. The number of anilines is 1. The molecule has 0 spiro atoms. The van der Waals surface area contributed by atoms with Gasteiger partial charge in [0.1, 0.15) is 10.4 Å². The minimum absolute atomic E-state index is 0.0827. The van der Waals surface area contributed by atoms with E-state index in [4.69, 9.17) is 4.74 Å². The number of thiophene rings is 1. The Labute approximate surface area is 200 Å². The average Bonchev–Trinajstić information content (AvgIpc) is 3.32. The number of hydrogen-bond donors (Lipinski definition) is 1. The normalized spacial score (nSPS) is 10.9. The third kappa shape index (κ3) is 4.46. The summed E-state index contributed by atoms with van der Waals surface area (Å²) in [5.74, 6) is 0.608. The number of amides is 1. The van der Waals surface area contributed by atoms with Gasteiger partial charge < -0.3 is 10.1 Å². The maximum absolute atomic E-state index is 13.1. The molecule has 1 N–H and O–H groups in total. The van der Waals surface area contributed by atoms with Crippen molar-refractivity contribution in [1.82, 2.24) is 9.55 Å².